The molecule has 0 unspecified atom stereocenters. The Kier molecular flexibility index (Phi) is 5.01. The highest BCUT2D eigenvalue weighted by atomic mass is 35.5. The van der Waals surface area contributed by atoms with Crippen LogP contribution >= 0.6 is 11.6 Å². The standard InChI is InChI=1S/C14H17ClFN3O2/c1-9(13-10(15)3-2-4-11(13)16)18-14(21)19-7-5-12(20)17-6-8-19/h2-4,9H,5-8H2,1H3,(H,17,20)(H,18,21)/t9-/m0/s1. The highest BCUT2D eigenvalue weighted by Crippen LogP contribution is 2.25. The second kappa shape index (κ2) is 6.76. The average Bonchev–Trinajstić information content (AvgIpc) is 2.63. The molecule has 5 nitrogen and oxygen atoms in total. The Balaban J connectivity index is 2.03. The number of hydrogen-bond donors (Lipinski definition) is 2. The smallest absolute Gasteiger partial charge is 0.317 e. The monoisotopic (exact) mass is 313 g/mol. The summed E-state index contributed by atoms with van der Waals surface area (Å²) in [6, 6.07) is 3.51. The summed E-state index contributed by atoms with van der Waals surface area (Å²) in [6.45, 7) is 2.86. The van der Waals surface area contributed by atoms with Gasteiger partial charge in [0.25, 0.3) is 0 Å². The maximum Gasteiger partial charge on any atom is 0.317 e. The maximum absolute atomic E-state index is 13.8. The summed E-state index contributed by atoms with van der Waals surface area (Å²) >= 11 is 5.98. The van der Waals surface area contributed by atoms with E-state index >= 15 is 0 Å². The first-order chi connectivity index (χ1) is 9.99. The van der Waals surface area contributed by atoms with Crippen LogP contribution in [0.3, 0.4) is 0 Å². The molecule has 1 aromatic rings. The fraction of sp³-hybridized carbons (Fsp3) is 0.429. The molecule has 7 heteroatoms. The van der Waals surface area contributed by atoms with E-state index in [9.17, 15) is 14.0 Å². The second-order valence-corrected chi connectivity index (χ2v) is 5.30. The molecule has 0 bridgehead atoms. The molecule has 1 aliphatic heterocycles. The van der Waals surface area contributed by atoms with Crippen LogP contribution in [-0.4, -0.2) is 36.5 Å². The minimum atomic E-state index is -0.557. The van der Waals surface area contributed by atoms with E-state index in [0.717, 1.165) is 0 Å². The molecule has 0 spiro atoms. The summed E-state index contributed by atoms with van der Waals surface area (Å²) in [6.07, 6.45) is 0.266. The van der Waals surface area contributed by atoms with Crippen LogP contribution < -0.4 is 10.6 Å². The number of rotatable bonds is 2. The van der Waals surface area contributed by atoms with Gasteiger partial charge in [-0.05, 0) is 19.1 Å². The molecule has 0 radical (unpaired) electrons. The molecule has 2 rings (SSSR count). The molecule has 3 amide bonds. The van der Waals surface area contributed by atoms with Crippen molar-refractivity contribution in [2.24, 2.45) is 0 Å². The second-order valence-electron chi connectivity index (χ2n) is 4.89. The highest BCUT2D eigenvalue weighted by Gasteiger charge is 2.22. The van der Waals surface area contributed by atoms with E-state index in [0.29, 0.717) is 19.6 Å². The van der Waals surface area contributed by atoms with Gasteiger partial charge in [-0.1, -0.05) is 17.7 Å². The third-order valence-corrected chi connectivity index (χ3v) is 3.70. The molecule has 1 heterocycles. The van der Waals surface area contributed by atoms with Crippen LogP contribution in [0.2, 0.25) is 5.02 Å². The van der Waals surface area contributed by atoms with Crippen LogP contribution in [0, 0.1) is 5.82 Å². The number of carbonyl (C=O) groups is 2. The fourth-order valence-corrected chi connectivity index (χ4v) is 2.57. The molecule has 0 saturated carbocycles. The van der Waals surface area contributed by atoms with Gasteiger partial charge >= 0.3 is 6.03 Å². The van der Waals surface area contributed by atoms with Crippen LogP contribution in [-0.2, 0) is 4.79 Å². The van der Waals surface area contributed by atoms with Crippen molar-refractivity contribution in [3.8, 4) is 0 Å². The molecule has 0 aromatic heterocycles. The zero-order valence-corrected chi connectivity index (χ0v) is 12.4. The molecule has 114 valence electrons. The summed E-state index contributed by atoms with van der Waals surface area (Å²) in [5, 5.41) is 5.68. The van der Waals surface area contributed by atoms with Crippen molar-refractivity contribution >= 4 is 23.5 Å². The van der Waals surface area contributed by atoms with Gasteiger partial charge in [0.2, 0.25) is 5.91 Å². The van der Waals surface area contributed by atoms with Crippen LogP contribution in [0.5, 0.6) is 0 Å². The summed E-state index contributed by atoms with van der Waals surface area (Å²) in [5.74, 6) is -0.529. The Morgan fingerprint density at radius 2 is 2.24 bits per heavy atom. The zero-order valence-electron chi connectivity index (χ0n) is 11.7. The van der Waals surface area contributed by atoms with Gasteiger partial charge < -0.3 is 15.5 Å². The largest absolute Gasteiger partial charge is 0.354 e. The molecule has 21 heavy (non-hydrogen) atoms. The minimum absolute atomic E-state index is 0.0736. The third-order valence-electron chi connectivity index (χ3n) is 3.37. The van der Waals surface area contributed by atoms with E-state index in [1.807, 2.05) is 0 Å². The van der Waals surface area contributed by atoms with Crippen LogP contribution in [0.25, 0.3) is 0 Å². The molecule has 1 saturated heterocycles. The summed E-state index contributed by atoms with van der Waals surface area (Å²) in [5.41, 5.74) is 0.261. The van der Waals surface area contributed by atoms with Crippen molar-refractivity contribution in [1.29, 1.82) is 0 Å². The molecule has 2 N–H and O–H groups in total. The summed E-state index contributed by atoms with van der Waals surface area (Å²) in [4.78, 5) is 25.0. The Morgan fingerprint density at radius 1 is 1.48 bits per heavy atom. The predicted molar refractivity (Wildman–Crippen MR) is 77.6 cm³/mol. The Bertz CT molecular complexity index is 533. The van der Waals surface area contributed by atoms with Crippen molar-refractivity contribution in [3.05, 3.63) is 34.6 Å². The Labute approximate surface area is 127 Å². The number of amides is 3. The van der Waals surface area contributed by atoms with E-state index < -0.39 is 11.9 Å². The summed E-state index contributed by atoms with van der Waals surface area (Å²) in [7, 11) is 0. The number of nitrogens with zero attached hydrogens (tertiary/aromatic N) is 1. The van der Waals surface area contributed by atoms with Crippen molar-refractivity contribution in [2.45, 2.75) is 19.4 Å². The van der Waals surface area contributed by atoms with Crippen molar-refractivity contribution in [3.63, 3.8) is 0 Å². The molecule has 0 aliphatic carbocycles. The van der Waals surface area contributed by atoms with Gasteiger partial charge in [-0.3, -0.25) is 4.79 Å². The molecule has 1 aromatic carbocycles. The van der Waals surface area contributed by atoms with E-state index in [4.69, 9.17) is 11.6 Å². The van der Waals surface area contributed by atoms with E-state index in [2.05, 4.69) is 10.6 Å². The van der Waals surface area contributed by atoms with Gasteiger partial charge in [-0.25, -0.2) is 9.18 Å². The molecule has 1 aliphatic rings. The van der Waals surface area contributed by atoms with Gasteiger partial charge in [0.1, 0.15) is 5.82 Å². The minimum Gasteiger partial charge on any atom is -0.354 e. The predicted octanol–water partition coefficient (Wildman–Crippen LogP) is 2.07. The van der Waals surface area contributed by atoms with Gasteiger partial charge in [0, 0.05) is 36.6 Å². The number of carbonyl (C=O) groups excluding carboxylic acids is 2. The Morgan fingerprint density at radius 3 is 2.95 bits per heavy atom. The Hall–Kier alpha value is -1.82. The molecular weight excluding hydrogens is 297 g/mol. The molecule has 1 atom stereocenters. The van der Waals surface area contributed by atoms with Gasteiger partial charge in [0.05, 0.1) is 6.04 Å². The quantitative estimate of drug-likeness (QED) is 0.878. The number of hydrogen-bond acceptors (Lipinski definition) is 2. The number of benzene rings is 1. The van der Waals surface area contributed by atoms with Crippen LogP contribution in [0.15, 0.2) is 18.2 Å². The van der Waals surface area contributed by atoms with Crippen LogP contribution in [0.4, 0.5) is 9.18 Å². The topological polar surface area (TPSA) is 61.4 Å². The van der Waals surface area contributed by atoms with Gasteiger partial charge in [0.15, 0.2) is 0 Å². The lowest BCUT2D eigenvalue weighted by Crippen LogP contribution is -2.42. The van der Waals surface area contributed by atoms with E-state index in [-0.39, 0.29) is 28.9 Å². The lowest BCUT2D eigenvalue weighted by Gasteiger charge is -2.24. The number of nitrogens with one attached hydrogen (secondary N) is 2. The van der Waals surface area contributed by atoms with Crippen molar-refractivity contribution in [1.82, 2.24) is 15.5 Å². The SMILES string of the molecule is C[C@H](NC(=O)N1CCNC(=O)CC1)c1c(F)cccc1Cl. The highest BCUT2D eigenvalue weighted by molar-refractivity contribution is 6.31. The maximum atomic E-state index is 13.8. The molecular formula is C14H17ClFN3O2. The average molecular weight is 314 g/mol. The van der Waals surface area contributed by atoms with Crippen molar-refractivity contribution < 1.29 is 14.0 Å². The molecule has 1 fully saturated rings. The third kappa shape index (κ3) is 3.85. The van der Waals surface area contributed by atoms with Crippen molar-refractivity contribution in [2.75, 3.05) is 19.6 Å². The number of halogens is 2. The van der Waals surface area contributed by atoms with E-state index in [1.165, 1.54) is 17.0 Å². The first kappa shape index (κ1) is 15.6. The summed E-state index contributed by atoms with van der Waals surface area (Å²) < 4.78 is 13.8. The first-order valence-corrected chi connectivity index (χ1v) is 7.13. The fourth-order valence-electron chi connectivity index (χ4n) is 2.24. The van der Waals surface area contributed by atoms with Gasteiger partial charge in [-0.2, -0.15) is 0 Å². The normalized spacial score (nSPS) is 16.9. The number of urea groups is 1. The van der Waals surface area contributed by atoms with Crippen LogP contribution in [0.1, 0.15) is 24.9 Å². The lowest BCUT2D eigenvalue weighted by molar-refractivity contribution is -0.120. The van der Waals surface area contributed by atoms with E-state index in [1.54, 1.807) is 13.0 Å². The first-order valence-electron chi connectivity index (χ1n) is 6.75. The lowest BCUT2D eigenvalue weighted by atomic mass is 10.1. The zero-order chi connectivity index (χ0) is 15.4. The van der Waals surface area contributed by atoms with Gasteiger partial charge in [-0.15, -0.1) is 0 Å².